The normalized spacial score (nSPS) is 42.6. The Morgan fingerprint density at radius 3 is 2.23 bits per heavy atom. The molecule has 3 fully saturated rings. The Morgan fingerprint density at radius 1 is 0.864 bits per heavy atom. The number of hydrogen-bond acceptors (Lipinski definition) is 4. The SMILES string of the molecule is CC1(C)[C@@H](OC(=O)C=Cc2ccc(O)cc2)CC[C@]2(C)C3=CC[C@@]4(C)[C@@H]5C[C@](C)(C(=O)O)CC[C@]5(C)CC[C@]4(C)C3=CC[C@@H]12. The van der Waals surface area contributed by atoms with Gasteiger partial charge in [0.1, 0.15) is 11.9 Å². The number of aliphatic carboxylic acids is 1. The first-order valence-corrected chi connectivity index (χ1v) is 16.8. The lowest BCUT2D eigenvalue weighted by Gasteiger charge is -2.68. The molecule has 5 nitrogen and oxygen atoms in total. The summed E-state index contributed by atoms with van der Waals surface area (Å²) in [6.45, 7) is 16.4. The van der Waals surface area contributed by atoms with E-state index in [1.807, 2.05) is 6.92 Å². The van der Waals surface area contributed by atoms with Crippen LogP contribution in [-0.2, 0) is 14.3 Å². The van der Waals surface area contributed by atoms with Crippen molar-refractivity contribution in [2.45, 2.75) is 112 Å². The number of rotatable bonds is 4. The van der Waals surface area contributed by atoms with Crippen LogP contribution in [0.4, 0.5) is 0 Å². The molecule has 0 aliphatic heterocycles. The molecule has 0 bridgehead atoms. The molecule has 1 aromatic rings. The number of esters is 1. The van der Waals surface area contributed by atoms with E-state index >= 15 is 0 Å². The van der Waals surface area contributed by atoms with Crippen LogP contribution in [0.25, 0.3) is 6.08 Å². The molecular weight excluding hydrogens is 548 g/mol. The third kappa shape index (κ3) is 4.46. The zero-order valence-electron chi connectivity index (χ0n) is 27.8. The number of phenolic OH excluding ortho intramolecular Hbond substituents is 1. The quantitative estimate of drug-likeness (QED) is 0.266. The summed E-state index contributed by atoms with van der Waals surface area (Å²) in [7, 11) is 0. The highest BCUT2D eigenvalue weighted by molar-refractivity contribution is 5.87. The Hall–Kier alpha value is -2.82. The van der Waals surface area contributed by atoms with Crippen molar-refractivity contribution in [2.75, 3.05) is 0 Å². The van der Waals surface area contributed by atoms with Gasteiger partial charge in [-0.1, -0.05) is 65.8 Å². The van der Waals surface area contributed by atoms with E-state index in [9.17, 15) is 19.8 Å². The first kappa shape index (κ1) is 31.2. The average Bonchev–Trinajstić information content (AvgIpc) is 2.96. The molecule has 0 amide bonds. The van der Waals surface area contributed by atoms with Gasteiger partial charge in [-0.25, -0.2) is 4.79 Å². The molecule has 5 aliphatic rings. The summed E-state index contributed by atoms with van der Waals surface area (Å²) in [6.07, 6.45) is 16.8. The van der Waals surface area contributed by atoms with Crippen LogP contribution < -0.4 is 0 Å². The minimum Gasteiger partial charge on any atom is -0.508 e. The summed E-state index contributed by atoms with van der Waals surface area (Å²) in [5.41, 5.74) is 3.26. The van der Waals surface area contributed by atoms with Crippen molar-refractivity contribution in [1.29, 1.82) is 0 Å². The van der Waals surface area contributed by atoms with Gasteiger partial charge >= 0.3 is 11.9 Å². The van der Waals surface area contributed by atoms with Crippen LogP contribution in [0.1, 0.15) is 112 Å². The minimum atomic E-state index is -0.646. The van der Waals surface area contributed by atoms with Gasteiger partial charge in [0.25, 0.3) is 0 Å². The van der Waals surface area contributed by atoms with E-state index in [-0.39, 0.29) is 44.9 Å². The summed E-state index contributed by atoms with van der Waals surface area (Å²) in [5, 5.41) is 19.7. The molecule has 1 aromatic carbocycles. The van der Waals surface area contributed by atoms with E-state index in [1.54, 1.807) is 30.3 Å². The van der Waals surface area contributed by atoms with Gasteiger partial charge in [-0.15, -0.1) is 0 Å². The Balaban J connectivity index is 1.26. The molecule has 5 aliphatic carbocycles. The van der Waals surface area contributed by atoms with Crippen molar-refractivity contribution >= 4 is 18.0 Å². The topological polar surface area (TPSA) is 83.8 Å². The van der Waals surface area contributed by atoms with Gasteiger partial charge in [0.15, 0.2) is 0 Å². The van der Waals surface area contributed by atoms with Crippen molar-refractivity contribution in [3.63, 3.8) is 0 Å². The van der Waals surface area contributed by atoms with E-state index in [0.29, 0.717) is 11.8 Å². The van der Waals surface area contributed by atoms with Crippen LogP contribution in [0.5, 0.6) is 5.75 Å². The van der Waals surface area contributed by atoms with Crippen molar-refractivity contribution in [3.8, 4) is 5.75 Å². The van der Waals surface area contributed by atoms with Gasteiger partial charge in [0.2, 0.25) is 0 Å². The fourth-order valence-electron chi connectivity index (χ4n) is 10.9. The summed E-state index contributed by atoms with van der Waals surface area (Å²) < 4.78 is 6.15. The van der Waals surface area contributed by atoms with Crippen LogP contribution in [0, 0.1) is 44.3 Å². The highest BCUT2D eigenvalue weighted by Crippen LogP contribution is 2.74. The number of carboxylic acids is 1. The van der Waals surface area contributed by atoms with Gasteiger partial charge < -0.3 is 14.9 Å². The molecule has 6 rings (SSSR count). The van der Waals surface area contributed by atoms with Gasteiger partial charge in [-0.05, 0) is 133 Å². The van der Waals surface area contributed by atoms with Crippen molar-refractivity contribution in [1.82, 2.24) is 0 Å². The molecule has 0 aromatic heterocycles. The largest absolute Gasteiger partial charge is 0.508 e. The van der Waals surface area contributed by atoms with Crippen LogP contribution >= 0.6 is 0 Å². The monoisotopic (exact) mass is 600 g/mol. The second-order valence-corrected chi connectivity index (χ2v) is 16.9. The zero-order valence-corrected chi connectivity index (χ0v) is 27.8. The zero-order chi connectivity index (χ0) is 31.9. The molecule has 0 saturated heterocycles. The van der Waals surface area contributed by atoms with Crippen LogP contribution in [-0.4, -0.2) is 28.3 Å². The molecule has 8 atom stereocenters. The lowest BCUT2D eigenvalue weighted by atomic mass is 9.35. The molecular formula is C39H52O5. The molecule has 2 N–H and O–H groups in total. The van der Waals surface area contributed by atoms with Gasteiger partial charge in [-0.3, -0.25) is 4.79 Å². The van der Waals surface area contributed by atoms with Crippen LogP contribution in [0.15, 0.2) is 53.6 Å². The van der Waals surface area contributed by atoms with E-state index in [0.717, 1.165) is 63.4 Å². The number of hydrogen-bond donors (Lipinski definition) is 2. The number of allylic oxidation sites excluding steroid dienone is 4. The maximum Gasteiger partial charge on any atom is 0.331 e. The number of fused-ring (bicyclic) bond motifs is 7. The fraction of sp³-hybridized carbons (Fsp3) is 0.641. The van der Waals surface area contributed by atoms with E-state index in [1.165, 1.54) is 17.2 Å². The molecule has 44 heavy (non-hydrogen) atoms. The standard InChI is InChI=1S/C39H52O5/c1-34(2)29-14-13-28-27(37(29,5)18-17-31(34)44-32(41)15-10-25-8-11-26(40)12-9-25)16-19-39(7)30-24-36(4,33(42)43)21-20-35(30,3)22-23-38(28,39)6/h8-13,15-16,29-31,40H,14,17-24H2,1-7H3,(H,42,43)/t29-,30+,31-,35+,36+,37+,38+,39-/m0/s1. The Labute approximate surface area is 263 Å². The van der Waals surface area contributed by atoms with E-state index in [2.05, 4.69) is 53.7 Å². The average molecular weight is 601 g/mol. The molecule has 238 valence electrons. The fourth-order valence-corrected chi connectivity index (χ4v) is 10.9. The third-order valence-corrected chi connectivity index (χ3v) is 14.3. The molecule has 0 unspecified atom stereocenters. The van der Waals surface area contributed by atoms with Gasteiger partial charge in [0.05, 0.1) is 5.41 Å². The molecule has 5 heteroatoms. The van der Waals surface area contributed by atoms with Gasteiger partial charge in [-0.2, -0.15) is 0 Å². The summed E-state index contributed by atoms with van der Waals surface area (Å²) >= 11 is 0. The first-order valence-electron chi connectivity index (χ1n) is 16.8. The van der Waals surface area contributed by atoms with Crippen LogP contribution in [0.3, 0.4) is 0 Å². The number of carboxylic acid groups (broad SMARTS) is 1. The van der Waals surface area contributed by atoms with E-state index < -0.39 is 11.4 Å². The number of aromatic hydroxyl groups is 1. The highest BCUT2D eigenvalue weighted by Gasteiger charge is 2.66. The predicted molar refractivity (Wildman–Crippen MR) is 174 cm³/mol. The third-order valence-electron chi connectivity index (χ3n) is 14.3. The minimum absolute atomic E-state index is 0.00556. The van der Waals surface area contributed by atoms with Crippen molar-refractivity contribution in [2.24, 2.45) is 44.3 Å². The second kappa shape index (κ2) is 10.1. The Morgan fingerprint density at radius 2 is 1.55 bits per heavy atom. The summed E-state index contributed by atoms with van der Waals surface area (Å²) in [6, 6.07) is 6.77. The summed E-state index contributed by atoms with van der Waals surface area (Å²) in [5.74, 6) is -0.0352. The second-order valence-electron chi connectivity index (χ2n) is 16.9. The smallest absolute Gasteiger partial charge is 0.331 e. The highest BCUT2D eigenvalue weighted by atomic mass is 16.5. The number of benzene rings is 1. The summed E-state index contributed by atoms with van der Waals surface area (Å²) in [4.78, 5) is 25.4. The molecule has 0 heterocycles. The maximum absolute atomic E-state index is 13.0. The van der Waals surface area contributed by atoms with Crippen molar-refractivity contribution < 1.29 is 24.5 Å². The lowest BCUT2D eigenvalue weighted by molar-refractivity contribution is -0.172. The Bertz CT molecular complexity index is 1450. The number of ether oxygens (including phenoxy) is 1. The van der Waals surface area contributed by atoms with Crippen molar-refractivity contribution in [3.05, 3.63) is 59.2 Å². The lowest BCUT2D eigenvalue weighted by Crippen LogP contribution is -2.61. The molecule has 3 saturated carbocycles. The Kier molecular flexibility index (Phi) is 7.15. The molecule has 0 radical (unpaired) electrons. The number of carbonyl (C=O) groups is 2. The van der Waals surface area contributed by atoms with Crippen LogP contribution in [0.2, 0.25) is 0 Å². The van der Waals surface area contributed by atoms with Gasteiger partial charge in [0, 0.05) is 11.5 Å². The molecule has 0 spiro atoms. The first-order chi connectivity index (χ1) is 20.5. The number of phenols is 1. The number of carbonyl (C=O) groups excluding carboxylic acids is 1. The maximum atomic E-state index is 13.0. The predicted octanol–water partition coefficient (Wildman–Crippen LogP) is 9.12. The van der Waals surface area contributed by atoms with E-state index in [4.69, 9.17) is 4.74 Å².